The van der Waals surface area contributed by atoms with Crippen LogP contribution in [-0.4, -0.2) is 42.6 Å². The van der Waals surface area contributed by atoms with Crippen LogP contribution in [0.25, 0.3) is 11.5 Å². The molecule has 0 amide bonds. The summed E-state index contributed by atoms with van der Waals surface area (Å²) >= 11 is 0. The van der Waals surface area contributed by atoms with Gasteiger partial charge >= 0.3 is 0 Å². The summed E-state index contributed by atoms with van der Waals surface area (Å²) in [6, 6.07) is 6.18. The first-order chi connectivity index (χ1) is 12.1. The van der Waals surface area contributed by atoms with Gasteiger partial charge in [0.25, 0.3) is 5.78 Å². The number of likely N-dealkylation sites (tertiary alicyclic amines) is 1. The van der Waals surface area contributed by atoms with Gasteiger partial charge in [-0.2, -0.15) is 10.1 Å². The van der Waals surface area contributed by atoms with Crippen LogP contribution in [0.3, 0.4) is 0 Å². The Bertz CT molecular complexity index is 929. The molecular weight excluding hydrogens is 312 g/mol. The first kappa shape index (κ1) is 15.7. The number of rotatable bonds is 3. The maximum absolute atomic E-state index is 4.53. The lowest BCUT2D eigenvalue weighted by molar-refractivity contribution is 0.289. The first-order valence-electron chi connectivity index (χ1n) is 8.66. The van der Waals surface area contributed by atoms with Gasteiger partial charge in [0, 0.05) is 30.9 Å². The van der Waals surface area contributed by atoms with E-state index in [1.165, 1.54) is 5.69 Å². The van der Waals surface area contributed by atoms with Crippen molar-refractivity contribution in [3.05, 3.63) is 59.9 Å². The number of fused-ring (bicyclic) bond motifs is 1. The van der Waals surface area contributed by atoms with Crippen LogP contribution in [0.15, 0.2) is 37.3 Å². The van der Waals surface area contributed by atoms with E-state index in [1.807, 2.05) is 23.7 Å². The number of aromatic nitrogens is 5. The number of hydrogen-bond acceptors (Lipinski definition) is 5. The molecule has 1 aliphatic rings. The minimum absolute atomic E-state index is 0.375. The Balaban J connectivity index is 1.64. The highest BCUT2D eigenvalue weighted by Gasteiger charge is 2.26. The molecule has 0 aromatic carbocycles. The van der Waals surface area contributed by atoms with Gasteiger partial charge in [0.2, 0.25) is 0 Å². The maximum atomic E-state index is 4.53. The van der Waals surface area contributed by atoms with Crippen molar-refractivity contribution in [3.63, 3.8) is 0 Å². The van der Waals surface area contributed by atoms with Gasteiger partial charge < -0.3 is 4.90 Å². The Kier molecular flexibility index (Phi) is 3.95. The molecule has 1 saturated heterocycles. The van der Waals surface area contributed by atoms with Crippen molar-refractivity contribution < 1.29 is 0 Å². The Morgan fingerprint density at radius 1 is 1.28 bits per heavy atom. The maximum Gasteiger partial charge on any atom is 0.252 e. The second-order valence-electron chi connectivity index (χ2n) is 6.69. The van der Waals surface area contributed by atoms with Gasteiger partial charge in [-0.1, -0.05) is 12.6 Å². The summed E-state index contributed by atoms with van der Waals surface area (Å²) in [7, 11) is 0. The van der Waals surface area contributed by atoms with E-state index in [1.54, 1.807) is 6.33 Å². The lowest BCUT2D eigenvalue weighted by Crippen LogP contribution is -2.34. The van der Waals surface area contributed by atoms with E-state index in [0.717, 1.165) is 48.6 Å². The number of piperidine rings is 1. The molecule has 25 heavy (non-hydrogen) atoms. The van der Waals surface area contributed by atoms with Crippen LogP contribution in [-0.2, 0) is 0 Å². The molecule has 1 aliphatic heterocycles. The summed E-state index contributed by atoms with van der Waals surface area (Å²) in [5, 5.41) is 4.37. The minimum atomic E-state index is 0.375. The van der Waals surface area contributed by atoms with Crippen LogP contribution in [0, 0.1) is 13.8 Å². The highest BCUT2D eigenvalue weighted by atomic mass is 15.3. The Morgan fingerprint density at radius 2 is 2.16 bits per heavy atom. The van der Waals surface area contributed by atoms with Crippen molar-refractivity contribution in [2.45, 2.75) is 32.6 Å². The highest BCUT2D eigenvalue weighted by Crippen LogP contribution is 2.31. The highest BCUT2D eigenvalue weighted by molar-refractivity contribution is 5.61. The molecule has 1 fully saturated rings. The zero-order chi connectivity index (χ0) is 17.4. The smallest absolute Gasteiger partial charge is 0.252 e. The summed E-state index contributed by atoms with van der Waals surface area (Å²) in [6.45, 7) is 10.3. The largest absolute Gasteiger partial charge is 0.370 e. The lowest BCUT2D eigenvalue weighted by Gasteiger charge is -2.35. The third-order valence-corrected chi connectivity index (χ3v) is 4.91. The number of aryl methyl sites for hydroxylation is 2. The van der Waals surface area contributed by atoms with Crippen molar-refractivity contribution in [1.82, 2.24) is 29.5 Å². The van der Waals surface area contributed by atoms with Crippen molar-refractivity contribution in [1.29, 1.82) is 0 Å². The average molecular weight is 334 g/mol. The van der Waals surface area contributed by atoms with Gasteiger partial charge in [-0.3, -0.25) is 4.98 Å². The number of pyridine rings is 1. The molecule has 0 spiro atoms. The molecule has 0 saturated carbocycles. The Hall–Kier alpha value is -2.76. The molecule has 1 atom stereocenters. The van der Waals surface area contributed by atoms with E-state index in [0.29, 0.717) is 11.7 Å². The molecule has 0 radical (unpaired) electrons. The standard InChI is InChI=1S/C19H22N6/c1-13-6-4-8-20-18(13)15(3)24-9-5-7-16(11-24)17-10-14(2)23-19-21-12-22-25(17)19/h4,6,8,10,12,16H,3,5,7,9,11H2,1-2H3. The van der Waals surface area contributed by atoms with Crippen LogP contribution in [0.4, 0.5) is 0 Å². The molecule has 0 bridgehead atoms. The van der Waals surface area contributed by atoms with Crippen molar-refractivity contribution in [3.8, 4) is 0 Å². The lowest BCUT2D eigenvalue weighted by atomic mass is 9.93. The van der Waals surface area contributed by atoms with Crippen molar-refractivity contribution in [2.75, 3.05) is 13.1 Å². The van der Waals surface area contributed by atoms with Crippen LogP contribution in [0.1, 0.15) is 41.4 Å². The van der Waals surface area contributed by atoms with Crippen LogP contribution < -0.4 is 0 Å². The van der Waals surface area contributed by atoms with Gasteiger partial charge in [-0.25, -0.2) is 9.50 Å². The summed E-state index contributed by atoms with van der Waals surface area (Å²) < 4.78 is 1.87. The zero-order valence-corrected chi connectivity index (χ0v) is 14.7. The normalized spacial score (nSPS) is 17.8. The van der Waals surface area contributed by atoms with E-state index in [4.69, 9.17) is 0 Å². The molecule has 128 valence electrons. The van der Waals surface area contributed by atoms with E-state index in [-0.39, 0.29) is 0 Å². The van der Waals surface area contributed by atoms with Crippen molar-refractivity contribution >= 4 is 11.5 Å². The quantitative estimate of drug-likeness (QED) is 0.737. The fraction of sp³-hybridized carbons (Fsp3) is 0.368. The third-order valence-electron chi connectivity index (χ3n) is 4.91. The van der Waals surface area contributed by atoms with Crippen LogP contribution in [0.2, 0.25) is 0 Å². The predicted octanol–water partition coefficient (Wildman–Crippen LogP) is 2.99. The zero-order valence-electron chi connectivity index (χ0n) is 14.7. The monoisotopic (exact) mass is 334 g/mol. The van der Waals surface area contributed by atoms with Gasteiger partial charge in [0.05, 0.1) is 17.1 Å². The predicted molar refractivity (Wildman–Crippen MR) is 97.1 cm³/mol. The molecular formula is C19H22N6. The van der Waals surface area contributed by atoms with Crippen LogP contribution in [0.5, 0.6) is 0 Å². The molecule has 6 nitrogen and oxygen atoms in total. The summed E-state index contributed by atoms with van der Waals surface area (Å²) in [6.07, 6.45) is 5.65. The molecule has 4 rings (SSSR count). The van der Waals surface area contributed by atoms with Gasteiger partial charge in [-0.15, -0.1) is 0 Å². The topological polar surface area (TPSA) is 59.2 Å². The van der Waals surface area contributed by atoms with E-state index in [2.05, 4.69) is 50.6 Å². The number of hydrogen-bond donors (Lipinski definition) is 0. The number of nitrogens with zero attached hydrogens (tertiary/aromatic N) is 6. The van der Waals surface area contributed by atoms with Gasteiger partial charge in [-0.05, 0) is 44.4 Å². The van der Waals surface area contributed by atoms with Gasteiger partial charge in [0.1, 0.15) is 6.33 Å². The second kappa shape index (κ2) is 6.27. The molecule has 3 aromatic heterocycles. The van der Waals surface area contributed by atoms with E-state index >= 15 is 0 Å². The summed E-state index contributed by atoms with van der Waals surface area (Å²) in [4.78, 5) is 15.6. The first-order valence-corrected chi connectivity index (χ1v) is 8.66. The molecule has 4 heterocycles. The summed E-state index contributed by atoms with van der Waals surface area (Å²) in [5.74, 6) is 1.05. The molecule has 0 aliphatic carbocycles. The van der Waals surface area contributed by atoms with E-state index < -0.39 is 0 Å². The van der Waals surface area contributed by atoms with Gasteiger partial charge in [0.15, 0.2) is 0 Å². The van der Waals surface area contributed by atoms with Crippen LogP contribution >= 0.6 is 0 Å². The molecule has 0 N–H and O–H groups in total. The molecule has 6 heteroatoms. The fourth-order valence-corrected chi connectivity index (χ4v) is 3.65. The molecule has 3 aromatic rings. The summed E-state index contributed by atoms with van der Waals surface area (Å²) in [5.41, 5.74) is 5.30. The minimum Gasteiger partial charge on any atom is -0.370 e. The second-order valence-corrected chi connectivity index (χ2v) is 6.69. The Labute approximate surface area is 147 Å². The van der Waals surface area contributed by atoms with Crippen molar-refractivity contribution in [2.24, 2.45) is 0 Å². The fourth-order valence-electron chi connectivity index (χ4n) is 3.65. The Morgan fingerprint density at radius 3 is 3.00 bits per heavy atom. The SMILES string of the molecule is C=C(c1ncccc1C)N1CCCC(c2cc(C)nc3ncnn23)C1. The van der Waals surface area contributed by atoms with E-state index in [9.17, 15) is 0 Å². The third kappa shape index (κ3) is 2.88. The average Bonchev–Trinajstić information content (AvgIpc) is 3.09. The molecule has 1 unspecified atom stereocenters.